The molecule has 0 fully saturated rings. The smallest absolute Gasteiger partial charge is 0.405 e. The van der Waals surface area contributed by atoms with E-state index in [4.69, 9.17) is 4.42 Å². The standard InChI is InChI=1S/C21H24N2O5/c1-20(2)7-11-17(13(24)9-20)19(15-5-6-16(28-15)23(26)27)18-12(22-11)8-21(3,4)10-14(18)25/h5-6,19,22H,7-10H2,1-4H3. The van der Waals surface area contributed by atoms with Gasteiger partial charge in [0.25, 0.3) is 0 Å². The Morgan fingerprint density at radius 1 is 0.964 bits per heavy atom. The molecule has 0 saturated heterocycles. The Morgan fingerprint density at radius 2 is 1.46 bits per heavy atom. The Balaban J connectivity index is 1.90. The minimum atomic E-state index is -0.674. The third-order valence-corrected chi connectivity index (χ3v) is 5.80. The predicted octanol–water partition coefficient (Wildman–Crippen LogP) is 4.16. The molecule has 1 aromatic heterocycles. The number of ketones is 2. The van der Waals surface area contributed by atoms with Crippen LogP contribution < -0.4 is 5.32 Å². The summed E-state index contributed by atoms with van der Waals surface area (Å²) in [6, 6.07) is 2.80. The Bertz CT molecular complexity index is 925. The molecule has 2 heterocycles. The topological polar surface area (TPSA) is 102 Å². The Hall–Kier alpha value is -2.70. The molecule has 1 aliphatic heterocycles. The van der Waals surface area contributed by atoms with Crippen molar-refractivity contribution in [3.8, 4) is 0 Å². The summed E-state index contributed by atoms with van der Waals surface area (Å²) in [5.41, 5.74) is 2.30. The van der Waals surface area contributed by atoms with Crippen molar-refractivity contribution in [3.05, 3.63) is 50.5 Å². The van der Waals surface area contributed by atoms with E-state index in [-0.39, 0.29) is 34.0 Å². The largest absolute Gasteiger partial charge is 0.433 e. The first-order valence-corrected chi connectivity index (χ1v) is 9.51. The number of allylic oxidation sites excluding steroid dienone is 4. The minimum Gasteiger partial charge on any atom is -0.405 e. The highest BCUT2D eigenvalue weighted by Gasteiger charge is 2.47. The first-order chi connectivity index (χ1) is 13.0. The molecule has 28 heavy (non-hydrogen) atoms. The van der Waals surface area contributed by atoms with Gasteiger partial charge < -0.3 is 9.73 Å². The average Bonchev–Trinajstić information content (AvgIpc) is 3.00. The van der Waals surface area contributed by atoms with Crippen LogP contribution in [0.5, 0.6) is 0 Å². The molecule has 7 nitrogen and oxygen atoms in total. The van der Waals surface area contributed by atoms with Crippen molar-refractivity contribution >= 4 is 17.5 Å². The van der Waals surface area contributed by atoms with Gasteiger partial charge in [-0.3, -0.25) is 19.7 Å². The van der Waals surface area contributed by atoms with Gasteiger partial charge in [0, 0.05) is 35.4 Å². The molecule has 0 unspecified atom stereocenters. The Labute approximate surface area is 163 Å². The van der Waals surface area contributed by atoms with Gasteiger partial charge in [-0.1, -0.05) is 27.7 Å². The van der Waals surface area contributed by atoms with Crippen molar-refractivity contribution in [1.29, 1.82) is 0 Å². The SMILES string of the molecule is CC1(C)CC(=O)C2=C(C1)NC1=C(C(=O)CC(C)(C)C1)C2c1ccc([N+](=O)[O-])o1. The van der Waals surface area contributed by atoms with Crippen LogP contribution in [-0.4, -0.2) is 16.5 Å². The van der Waals surface area contributed by atoms with E-state index in [9.17, 15) is 19.7 Å². The molecule has 0 spiro atoms. The second-order valence-electron chi connectivity index (χ2n) is 9.66. The van der Waals surface area contributed by atoms with E-state index < -0.39 is 10.8 Å². The summed E-state index contributed by atoms with van der Waals surface area (Å²) in [6.07, 6.45) is 2.10. The predicted molar refractivity (Wildman–Crippen MR) is 101 cm³/mol. The Kier molecular flexibility index (Phi) is 3.93. The second kappa shape index (κ2) is 5.90. The maximum Gasteiger partial charge on any atom is 0.433 e. The molecular formula is C21H24N2O5. The van der Waals surface area contributed by atoms with Crippen LogP contribution in [0.1, 0.15) is 65.1 Å². The Morgan fingerprint density at radius 3 is 1.89 bits per heavy atom. The van der Waals surface area contributed by atoms with Crippen molar-refractivity contribution in [2.24, 2.45) is 10.8 Å². The van der Waals surface area contributed by atoms with Crippen LogP contribution in [0.3, 0.4) is 0 Å². The molecule has 7 heteroatoms. The monoisotopic (exact) mass is 384 g/mol. The number of carbonyl (C=O) groups excluding carboxylic acids is 2. The molecule has 148 valence electrons. The maximum atomic E-state index is 13.1. The number of nitro groups is 1. The van der Waals surface area contributed by atoms with E-state index in [1.165, 1.54) is 12.1 Å². The first kappa shape index (κ1) is 18.7. The molecule has 0 radical (unpaired) electrons. The zero-order valence-electron chi connectivity index (χ0n) is 16.5. The molecule has 2 aliphatic carbocycles. The van der Waals surface area contributed by atoms with Gasteiger partial charge in [-0.25, -0.2) is 0 Å². The molecule has 3 aliphatic rings. The van der Waals surface area contributed by atoms with Gasteiger partial charge in [-0.15, -0.1) is 0 Å². The third kappa shape index (κ3) is 2.99. The number of furan rings is 1. The average molecular weight is 384 g/mol. The van der Waals surface area contributed by atoms with Crippen LogP contribution >= 0.6 is 0 Å². The van der Waals surface area contributed by atoms with Crippen LogP contribution in [0, 0.1) is 20.9 Å². The van der Waals surface area contributed by atoms with Gasteiger partial charge in [-0.05, 0) is 29.7 Å². The fourth-order valence-electron chi connectivity index (χ4n) is 4.77. The number of nitrogens with one attached hydrogen (secondary N) is 1. The number of hydrogen-bond acceptors (Lipinski definition) is 6. The van der Waals surface area contributed by atoms with Gasteiger partial charge in [0.05, 0.1) is 12.0 Å². The van der Waals surface area contributed by atoms with Gasteiger partial charge in [0.2, 0.25) is 0 Å². The van der Waals surface area contributed by atoms with Crippen molar-refractivity contribution in [3.63, 3.8) is 0 Å². The lowest BCUT2D eigenvalue weighted by molar-refractivity contribution is -0.402. The summed E-state index contributed by atoms with van der Waals surface area (Å²) in [7, 11) is 0. The zero-order chi connectivity index (χ0) is 20.4. The summed E-state index contributed by atoms with van der Waals surface area (Å²) in [5, 5.41) is 14.5. The van der Waals surface area contributed by atoms with Crippen LogP contribution in [-0.2, 0) is 9.59 Å². The normalized spacial score (nSPS) is 24.0. The molecule has 1 aromatic rings. The van der Waals surface area contributed by atoms with E-state index in [0.29, 0.717) is 36.8 Å². The van der Waals surface area contributed by atoms with Crippen molar-refractivity contribution < 1.29 is 18.9 Å². The van der Waals surface area contributed by atoms with E-state index >= 15 is 0 Å². The summed E-state index contributed by atoms with van der Waals surface area (Å²) in [4.78, 5) is 36.6. The number of rotatable bonds is 2. The van der Waals surface area contributed by atoms with Gasteiger partial charge >= 0.3 is 5.88 Å². The fraction of sp³-hybridized carbons (Fsp3) is 0.524. The highest BCUT2D eigenvalue weighted by molar-refractivity contribution is 6.06. The quantitative estimate of drug-likeness (QED) is 0.607. The van der Waals surface area contributed by atoms with Gasteiger partial charge in [0.1, 0.15) is 10.7 Å². The lowest BCUT2D eigenvalue weighted by Gasteiger charge is -2.43. The van der Waals surface area contributed by atoms with E-state index in [0.717, 1.165) is 11.4 Å². The molecule has 0 bridgehead atoms. The lowest BCUT2D eigenvalue weighted by atomic mass is 9.65. The van der Waals surface area contributed by atoms with Crippen LogP contribution in [0.2, 0.25) is 0 Å². The van der Waals surface area contributed by atoms with E-state index in [2.05, 4.69) is 5.32 Å². The first-order valence-electron chi connectivity index (χ1n) is 9.51. The van der Waals surface area contributed by atoms with E-state index in [1.807, 2.05) is 27.7 Å². The lowest BCUT2D eigenvalue weighted by Crippen LogP contribution is -2.42. The maximum absolute atomic E-state index is 13.1. The van der Waals surface area contributed by atoms with Crippen molar-refractivity contribution in [1.82, 2.24) is 5.32 Å². The molecule has 0 amide bonds. The van der Waals surface area contributed by atoms with Crippen molar-refractivity contribution in [2.45, 2.75) is 59.3 Å². The summed E-state index contributed by atoms with van der Waals surface area (Å²) in [5.74, 6) is -0.842. The summed E-state index contributed by atoms with van der Waals surface area (Å²) in [6.45, 7) is 8.18. The molecule has 0 aromatic carbocycles. The highest BCUT2D eigenvalue weighted by Crippen LogP contribution is 2.51. The number of carbonyl (C=O) groups is 2. The number of nitrogens with zero attached hydrogens (tertiary/aromatic N) is 1. The summed E-state index contributed by atoms with van der Waals surface area (Å²) < 4.78 is 5.48. The minimum absolute atomic E-state index is 0.0352. The number of Topliss-reactive ketones (excluding diaryl/α,β-unsaturated/α-hetero) is 2. The van der Waals surface area contributed by atoms with Crippen molar-refractivity contribution in [2.75, 3.05) is 0 Å². The molecule has 0 saturated carbocycles. The van der Waals surface area contributed by atoms with E-state index in [1.54, 1.807) is 0 Å². The van der Waals surface area contributed by atoms with Gasteiger partial charge in [-0.2, -0.15) is 0 Å². The summed E-state index contributed by atoms with van der Waals surface area (Å²) >= 11 is 0. The second-order valence-corrected chi connectivity index (χ2v) is 9.66. The van der Waals surface area contributed by atoms with Crippen LogP contribution in [0.25, 0.3) is 0 Å². The molecular weight excluding hydrogens is 360 g/mol. The van der Waals surface area contributed by atoms with Crippen LogP contribution in [0.15, 0.2) is 39.1 Å². The molecule has 0 atom stereocenters. The third-order valence-electron chi connectivity index (χ3n) is 5.80. The molecule has 4 rings (SSSR count). The molecule has 1 N–H and O–H groups in total. The number of dihydropyridines is 1. The number of hydrogen-bond donors (Lipinski definition) is 1. The fourth-order valence-corrected chi connectivity index (χ4v) is 4.77. The zero-order valence-corrected chi connectivity index (χ0v) is 16.5. The highest BCUT2D eigenvalue weighted by atomic mass is 16.6. The van der Waals surface area contributed by atoms with Gasteiger partial charge in [0.15, 0.2) is 11.6 Å². The van der Waals surface area contributed by atoms with Crippen LogP contribution in [0.4, 0.5) is 5.88 Å².